The third-order valence-corrected chi connectivity index (χ3v) is 5.27. The van der Waals surface area contributed by atoms with E-state index in [0.29, 0.717) is 4.31 Å². The van der Waals surface area contributed by atoms with Crippen LogP contribution in [0, 0.1) is 5.92 Å². The first-order valence-corrected chi connectivity index (χ1v) is 8.02. The molecule has 0 amide bonds. The molecule has 1 N–H and O–H groups in total. The molecule has 0 unspecified atom stereocenters. The lowest BCUT2D eigenvalue weighted by atomic mass is 9.99. The minimum Gasteiger partial charge on any atom is -0.481 e. The summed E-state index contributed by atoms with van der Waals surface area (Å²) in [4.78, 5) is 10.8. The number of hydrogen-bond donors (Lipinski definition) is 1. The van der Waals surface area contributed by atoms with Gasteiger partial charge in [-0.25, -0.2) is 0 Å². The minimum atomic E-state index is -4.61. The molecule has 1 saturated heterocycles. The Morgan fingerprint density at radius 2 is 1.86 bits per heavy atom. The molecule has 1 aliphatic rings. The summed E-state index contributed by atoms with van der Waals surface area (Å²) in [6, 6.07) is 0. The predicted octanol–water partition coefficient (Wildman–Crippen LogP) is 1.30. The summed E-state index contributed by atoms with van der Waals surface area (Å²) >= 11 is 0. The second-order valence-electron chi connectivity index (χ2n) is 4.97. The Kier molecular flexibility index (Phi) is 6.00. The zero-order valence-electron chi connectivity index (χ0n) is 11.6. The summed E-state index contributed by atoms with van der Waals surface area (Å²) in [7, 11) is -4.21. The molecule has 0 spiro atoms. The number of nitrogens with zero attached hydrogens (tertiary/aromatic N) is 2. The highest BCUT2D eigenvalue weighted by atomic mass is 32.2. The number of hydrogen-bond acceptors (Lipinski definition) is 3. The van der Waals surface area contributed by atoms with Gasteiger partial charge in [-0.3, -0.25) is 4.79 Å². The molecule has 0 aromatic heterocycles. The van der Waals surface area contributed by atoms with Gasteiger partial charge < -0.3 is 5.11 Å². The van der Waals surface area contributed by atoms with E-state index < -0.39 is 34.8 Å². The summed E-state index contributed by atoms with van der Waals surface area (Å²) in [5.41, 5.74) is 0. The maximum absolute atomic E-state index is 12.5. The van der Waals surface area contributed by atoms with Gasteiger partial charge in [0.25, 0.3) is 10.2 Å². The fourth-order valence-corrected chi connectivity index (χ4v) is 3.94. The predicted molar refractivity (Wildman–Crippen MR) is 68.8 cm³/mol. The molecule has 0 aromatic carbocycles. The molecule has 0 bridgehead atoms. The van der Waals surface area contributed by atoms with Crippen molar-refractivity contribution >= 4 is 16.2 Å². The van der Waals surface area contributed by atoms with E-state index in [0.717, 1.165) is 4.31 Å². The Labute approximate surface area is 121 Å². The number of halogens is 3. The summed E-state index contributed by atoms with van der Waals surface area (Å²) in [5.74, 6) is -1.65. The number of carboxylic acid groups (broad SMARTS) is 1. The highest BCUT2D eigenvalue weighted by Crippen LogP contribution is 2.24. The fraction of sp³-hybridized carbons (Fsp3) is 0.909. The molecule has 124 valence electrons. The minimum absolute atomic E-state index is 0.0721. The number of rotatable bonds is 6. The van der Waals surface area contributed by atoms with Crippen molar-refractivity contribution in [3.8, 4) is 0 Å². The van der Waals surface area contributed by atoms with Crippen molar-refractivity contribution in [3.63, 3.8) is 0 Å². The van der Waals surface area contributed by atoms with E-state index in [1.54, 1.807) is 6.92 Å². The van der Waals surface area contributed by atoms with Crippen molar-refractivity contribution in [2.24, 2.45) is 5.92 Å². The summed E-state index contributed by atoms with van der Waals surface area (Å²) in [5, 5.41) is 8.85. The van der Waals surface area contributed by atoms with Crippen LogP contribution in [-0.4, -0.2) is 60.5 Å². The second-order valence-corrected chi connectivity index (χ2v) is 6.90. The average Bonchev–Trinajstić information content (AvgIpc) is 2.36. The maximum Gasteiger partial charge on any atom is 0.402 e. The van der Waals surface area contributed by atoms with Crippen molar-refractivity contribution in [3.05, 3.63) is 0 Å². The van der Waals surface area contributed by atoms with E-state index in [1.165, 1.54) is 0 Å². The summed E-state index contributed by atoms with van der Waals surface area (Å²) < 4.78 is 63.3. The van der Waals surface area contributed by atoms with Gasteiger partial charge in [0.2, 0.25) is 0 Å². The standard InChI is InChI=1S/C11H19F3N2O4S/c1-2-5-16(8-11(12,13)14)21(19,20)15-6-3-9(4-7-15)10(17)18/h9H,2-8H2,1H3,(H,17,18). The molecule has 1 fully saturated rings. The van der Waals surface area contributed by atoms with Gasteiger partial charge in [-0.05, 0) is 19.3 Å². The van der Waals surface area contributed by atoms with Crippen LogP contribution in [0.3, 0.4) is 0 Å². The van der Waals surface area contributed by atoms with Gasteiger partial charge in [-0.2, -0.15) is 30.2 Å². The number of piperidine rings is 1. The van der Waals surface area contributed by atoms with Crippen LogP contribution in [0.4, 0.5) is 13.2 Å². The van der Waals surface area contributed by atoms with Crippen molar-refractivity contribution in [1.82, 2.24) is 8.61 Å². The number of carboxylic acids is 1. The fourth-order valence-electron chi connectivity index (χ4n) is 2.22. The molecule has 10 heteroatoms. The van der Waals surface area contributed by atoms with Gasteiger partial charge in [0, 0.05) is 19.6 Å². The highest BCUT2D eigenvalue weighted by molar-refractivity contribution is 7.86. The van der Waals surface area contributed by atoms with Crippen molar-refractivity contribution in [2.45, 2.75) is 32.4 Å². The Morgan fingerprint density at radius 1 is 1.33 bits per heavy atom. The Morgan fingerprint density at radius 3 is 2.24 bits per heavy atom. The van der Waals surface area contributed by atoms with E-state index in [-0.39, 0.29) is 38.9 Å². The molecule has 1 rings (SSSR count). The van der Waals surface area contributed by atoms with Crippen molar-refractivity contribution < 1.29 is 31.5 Å². The monoisotopic (exact) mass is 332 g/mol. The smallest absolute Gasteiger partial charge is 0.402 e. The molecule has 0 aliphatic carbocycles. The van der Waals surface area contributed by atoms with E-state index in [9.17, 15) is 26.4 Å². The third-order valence-electron chi connectivity index (χ3n) is 3.28. The first-order chi connectivity index (χ1) is 9.58. The van der Waals surface area contributed by atoms with Gasteiger partial charge in [-0.15, -0.1) is 0 Å². The zero-order chi connectivity index (χ0) is 16.3. The van der Waals surface area contributed by atoms with Gasteiger partial charge in [0.1, 0.15) is 6.54 Å². The topological polar surface area (TPSA) is 77.9 Å². The van der Waals surface area contributed by atoms with Crippen LogP contribution in [0.5, 0.6) is 0 Å². The average molecular weight is 332 g/mol. The molecule has 1 aliphatic heterocycles. The lowest BCUT2D eigenvalue weighted by Crippen LogP contribution is -2.50. The van der Waals surface area contributed by atoms with Crippen LogP contribution in [0.15, 0.2) is 0 Å². The Hall–Kier alpha value is -0.870. The number of carbonyl (C=O) groups is 1. The van der Waals surface area contributed by atoms with Gasteiger partial charge >= 0.3 is 12.1 Å². The highest BCUT2D eigenvalue weighted by Gasteiger charge is 2.40. The molecular weight excluding hydrogens is 313 g/mol. The van der Waals surface area contributed by atoms with Crippen LogP contribution < -0.4 is 0 Å². The molecule has 6 nitrogen and oxygen atoms in total. The summed E-state index contributed by atoms with van der Waals surface area (Å²) in [6.07, 6.45) is -4.12. The van der Waals surface area contributed by atoms with E-state index in [1.807, 2.05) is 0 Å². The van der Waals surface area contributed by atoms with E-state index in [4.69, 9.17) is 5.11 Å². The number of aliphatic carboxylic acids is 1. The molecule has 0 saturated carbocycles. The third kappa shape index (κ3) is 5.11. The lowest BCUT2D eigenvalue weighted by Gasteiger charge is -2.34. The molecule has 0 atom stereocenters. The quantitative estimate of drug-likeness (QED) is 0.795. The van der Waals surface area contributed by atoms with E-state index >= 15 is 0 Å². The largest absolute Gasteiger partial charge is 0.481 e. The van der Waals surface area contributed by atoms with Crippen LogP contribution in [0.2, 0.25) is 0 Å². The van der Waals surface area contributed by atoms with Gasteiger partial charge in [-0.1, -0.05) is 6.92 Å². The molecule has 1 heterocycles. The van der Waals surface area contributed by atoms with Crippen LogP contribution in [0.1, 0.15) is 26.2 Å². The van der Waals surface area contributed by atoms with Gasteiger partial charge in [0.15, 0.2) is 0 Å². The summed E-state index contributed by atoms with van der Waals surface area (Å²) in [6.45, 7) is -0.299. The van der Waals surface area contributed by atoms with Crippen LogP contribution in [0.25, 0.3) is 0 Å². The molecular formula is C11H19F3N2O4S. The first kappa shape index (κ1) is 18.2. The Bertz CT molecular complexity index is 459. The van der Waals surface area contributed by atoms with Crippen LogP contribution in [-0.2, 0) is 15.0 Å². The molecule has 0 aromatic rings. The lowest BCUT2D eigenvalue weighted by molar-refractivity contribution is -0.142. The van der Waals surface area contributed by atoms with Gasteiger partial charge in [0.05, 0.1) is 5.92 Å². The second kappa shape index (κ2) is 6.93. The SMILES string of the molecule is CCCN(CC(F)(F)F)S(=O)(=O)N1CCC(C(=O)O)CC1. The van der Waals surface area contributed by atoms with Crippen LogP contribution >= 0.6 is 0 Å². The molecule has 0 radical (unpaired) electrons. The maximum atomic E-state index is 12.5. The van der Waals surface area contributed by atoms with Crippen molar-refractivity contribution in [1.29, 1.82) is 0 Å². The normalized spacial score (nSPS) is 19.1. The number of alkyl halides is 3. The van der Waals surface area contributed by atoms with Crippen molar-refractivity contribution in [2.75, 3.05) is 26.2 Å². The van der Waals surface area contributed by atoms with E-state index in [2.05, 4.69) is 0 Å². The zero-order valence-corrected chi connectivity index (χ0v) is 12.5. The first-order valence-electron chi connectivity index (χ1n) is 6.62. The Balaban J connectivity index is 2.80. The molecule has 21 heavy (non-hydrogen) atoms.